The molecule has 1 aromatic rings. The Balaban J connectivity index is 2.16. The van der Waals surface area contributed by atoms with Crippen LogP contribution in [-0.2, 0) is 6.42 Å². The number of rotatable bonds is 3. The van der Waals surface area contributed by atoms with E-state index in [0.29, 0.717) is 12.2 Å². The topological polar surface area (TPSA) is 52.5 Å². The van der Waals surface area contributed by atoms with Gasteiger partial charge in [0, 0.05) is 5.54 Å². The molecule has 1 aliphatic heterocycles. The van der Waals surface area contributed by atoms with Crippen LogP contribution in [0.15, 0.2) is 24.3 Å². The Morgan fingerprint density at radius 3 is 2.73 bits per heavy atom. The van der Waals surface area contributed by atoms with Gasteiger partial charge in [0.15, 0.2) is 0 Å². The molecule has 1 heterocycles. The first-order valence-corrected chi connectivity index (χ1v) is 5.38. The van der Waals surface area contributed by atoms with E-state index < -0.39 is 0 Å². The van der Waals surface area contributed by atoms with Crippen LogP contribution in [0, 0.1) is 0 Å². The van der Waals surface area contributed by atoms with Gasteiger partial charge >= 0.3 is 0 Å². The Hall–Kier alpha value is -1.06. The van der Waals surface area contributed by atoms with Gasteiger partial charge in [-0.3, -0.25) is 0 Å². The number of phenols is 1. The van der Waals surface area contributed by atoms with Crippen LogP contribution in [0.1, 0.15) is 18.4 Å². The van der Waals surface area contributed by atoms with Crippen molar-refractivity contribution in [1.82, 2.24) is 5.32 Å². The Labute approximate surface area is 89.8 Å². The van der Waals surface area contributed by atoms with Gasteiger partial charge < -0.3 is 15.5 Å². The first-order valence-electron chi connectivity index (χ1n) is 5.38. The predicted molar refractivity (Wildman–Crippen MR) is 58.9 cm³/mol. The standard InChI is InChI=1S/C12H17NO2/c14-9-12(6-3-7-13-12)8-10-4-1-2-5-11(10)15/h1-2,4-5,13-15H,3,6-9H2. The minimum Gasteiger partial charge on any atom is -0.508 e. The third kappa shape index (κ3) is 2.13. The van der Waals surface area contributed by atoms with Crippen LogP contribution >= 0.6 is 0 Å². The lowest BCUT2D eigenvalue weighted by molar-refractivity contribution is 0.176. The van der Waals surface area contributed by atoms with Crippen LogP contribution in [0.4, 0.5) is 0 Å². The van der Waals surface area contributed by atoms with Crippen LogP contribution in [0.25, 0.3) is 0 Å². The van der Waals surface area contributed by atoms with E-state index in [4.69, 9.17) is 0 Å². The van der Waals surface area contributed by atoms with Gasteiger partial charge in [0.1, 0.15) is 5.75 Å². The lowest BCUT2D eigenvalue weighted by atomic mass is 9.90. The summed E-state index contributed by atoms with van der Waals surface area (Å²) in [6, 6.07) is 7.32. The fourth-order valence-corrected chi connectivity index (χ4v) is 2.24. The molecular weight excluding hydrogens is 190 g/mol. The summed E-state index contributed by atoms with van der Waals surface area (Å²) in [7, 11) is 0. The molecule has 1 fully saturated rings. The van der Waals surface area contributed by atoms with Crippen molar-refractivity contribution in [2.24, 2.45) is 0 Å². The highest BCUT2D eigenvalue weighted by atomic mass is 16.3. The number of hydrogen-bond donors (Lipinski definition) is 3. The third-order valence-electron chi connectivity index (χ3n) is 3.16. The highest BCUT2D eigenvalue weighted by molar-refractivity contribution is 5.33. The van der Waals surface area contributed by atoms with E-state index in [2.05, 4.69) is 5.32 Å². The number of hydrogen-bond acceptors (Lipinski definition) is 3. The Morgan fingerprint density at radius 2 is 2.13 bits per heavy atom. The normalized spacial score (nSPS) is 25.7. The molecule has 0 amide bonds. The van der Waals surface area contributed by atoms with Crippen LogP contribution in [0.3, 0.4) is 0 Å². The summed E-state index contributed by atoms with van der Waals surface area (Å²) in [5.41, 5.74) is 0.680. The van der Waals surface area contributed by atoms with Crippen molar-refractivity contribution < 1.29 is 10.2 Å². The van der Waals surface area contributed by atoms with E-state index >= 15 is 0 Å². The largest absolute Gasteiger partial charge is 0.508 e. The number of phenolic OH excluding ortho intramolecular Hbond substituents is 1. The number of aliphatic hydroxyl groups is 1. The molecule has 1 aromatic carbocycles. The van der Waals surface area contributed by atoms with Gasteiger partial charge in [0.25, 0.3) is 0 Å². The monoisotopic (exact) mass is 207 g/mol. The zero-order valence-electron chi connectivity index (χ0n) is 8.74. The van der Waals surface area contributed by atoms with E-state index in [9.17, 15) is 10.2 Å². The molecule has 2 rings (SSSR count). The molecule has 3 N–H and O–H groups in total. The van der Waals surface area contributed by atoms with Crippen LogP contribution in [-0.4, -0.2) is 28.9 Å². The molecule has 0 radical (unpaired) electrons. The maximum atomic E-state index is 9.67. The summed E-state index contributed by atoms with van der Waals surface area (Å²) >= 11 is 0. The highest BCUT2D eigenvalue weighted by Gasteiger charge is 2.33. The average Bonchev–Trinajstić information content (AvgIpc) is 2.71. The molecular formula is C12H17NO2. The highest BCUT2D eigenvalue weighted by Crippen LogP contribution is 2.27. The van der Waals surface area contributed by atoms with E-state index in [-0.39, 0.29) is 12.1 Å². The summed E-state index contributed by atoms with van der Waals surface area (Å²) in [4.78, 5) is 0. The SMILES string of the molecule is OCC1(Cc2ccccc2O)CCCN1. The average molecular weight is 207 g/mol. The maximum absolute atomic E-state index is 9.67. The van der Waals surface area contributed by atoms with Crippen molar-refractivity contribution in [2.75, 3.05) is 13.2 Å². The fourth-order valence-electron chi connectivity index (χ4n) is 2.24. The molecule has 0 saturated carbocycles. The summed E-state index contributed by atoms with van der Waals surface area (Å²) in [6.07, 6.45) is 2.75. The zero-order chi connectivity index (χ0) is 10.7. The molecule has 1 atom stereocenters. The Kier molecular flexibility index (Phi) is 2.93. The van der Waals surface area contributed by atoms with E-state index in [1.165, 1.54) is 0 Å². The van der Waals surface area contributed by atoms with Crippen molar-refractivity contribution in [1.29, 1.82) is 0 Å². The molecule has 0 spiro atoms. The molecule has 1 saturated heterocycles. The van der Waals surface area contributed by atoms with Crippen molar-refractivity contribution in [3.05, 3.63) is 29.8 Å². The van der Waals surface area contributed by atoms with Gasteiger partial charge in [-0.15, -0.1) is 0 Å². The lowest BCUT2D eigenvalue weighted by Crippen LogP contribution is -2.45. The second-order valence-electron chi connectivity index (χ2n) is 4.27. The molecule has 15 heavy (non-hydrogen) atoms. The van der Waals surface area contributed by atoms with Gasteiger partial charge in [-0.05, 0) is 37.4 Å². The fraction of sp³-hybridized carbons (Fsp3) is 0.500. The quantitative estimate of drug-likeness (QED) is 0.694. The zero-order valence-corrected chi connectivity index (χ0v) is 8.74. The smallest absolute Gasteiger partial charge is 0.118 e. The third-order valence-corrected chi connectivity index (χ3v) is 3.16. The maximum Gasteiger partial charge on any atom is 0.118 e. The molecule has 3 nitrogen and oxygen atoms in total. The van der Waals surface area contributed by atoms with Gasteiger partial charge in [-0.25, -0.2) is 0 Å². The second-order valence-corrected chi connectivity index (χ2v) is 4.27. The second kappa shape index (κ2) is 4.21. The minimum atomic E-state index is -0.223. The number of aromatic hydroxyl groups is 1. The van der Waals surface area contributed by atoms with E-state index in [1.807, 2.05) is 18.2 Å². The molecule has 3 heteroatoms. The van der Waals surface area contributed by atoms with Crippen molar-refractivity contribution in [2.45, 2.75) is 24.8 Å². The van der Waals surface area contributed by atoms with E-state index in [0.717, 1.165) is 24.9 Å². The molecule has 0 aromatic heterocycles. The Morgan fingerprint density at radius 1 is 1.33 bits per heavy atom. The van der Waals surface area contributed by atoms with Crippen molar-refractivity contribution >= 4 is 0 Å². The number of para-hydroxylation sites is 1. The summed E-state index contributed by atoms with van der Waals surface area (Å²) in [6.45, 7) is 1.08. The van der Waals surface area contributed by atoms with Gasteiger partial charge in [-0.1, -0.05) is 18.2 Å². The Bertz CT molecular complexity index is 332. The van der Waals surface area contributed by atoms with Crippen molar-refractivity contribution in [3.8, 4) is 5.75 Å². The molecule has 0 aliphatic carbocycles. The van der Waals surface area contributed by atoms with Gasteiger partial charge in [0.2, 0.25) is 0 Å². The van der Waals surface area contributed by atoms with Crippen molar-refractivity contribution in [3.63, 3.8) is 0 Å². The van der Waals surface area contributed by atoms with Gasteiger partial charge in [-0.2, -0.15) is 0 Å². The molecule has 0 bridgehead atoms. The first-order chi connectivity index (χ1) is 7.26. The lowest BCUT2D eigenvalue weighted by Gasteiger charge is -2.27. The summed E-state index contributed by atoms with van der Waals surface area (Å²) < 4.78 is 0. The van der Waals surface area contributed by atoms with Gasteiger partial charge in [0.05, 0.1) is 6.61 Å². The first kappa shape index (κ1) is 10.5. The van der Waals surface area contributed by atoms with Crippen LogP contribution in [0.5, 0.6) is 5.75 Å². The molecule has 1 unspecified atom stereocenters. The minimum absolute atomic E-state index is 0.126. The molecule has 82 valence electrons. The van der Waals surface area contributed by atoms with Crippen LogP contribution < -0.4 is 5.32 Å². The predicted octanol–water partition coefficient (Wildman–Crippen LogP) is 1.05. The van der Waals surface area contributed by atoms with E-state index in [1.54, 1.807) is 6.07 Å². The number of benzene rings is 1. The number of aliphatic hydroxyl groups excluding tert-OH is 1. The summed E-state index contributed by atoms with van der Waals surface area (Å²) in [5.74, 6) is 0.319. The van der Waals surface area contributed by atoms with Crippen LogP contribution in [0.2, 0.25) is 0 Å². The molecule has 1 aliphatic rings. The summed E-state index contributed by atoms with van der Waals surface area (Å²) in [5, 5.41) is 22.4. The number of nitrogens with one attached hydrogen (secondary N) is 1.